The molecule has 8 fully saturated rings. The molecule has 11 rings (SSSR count). The average Bonchev–Trinajstić information content (AvgIpc) is 4.08. The van der Waals surface area contributed by atoms with E-state index in [1.807, 2.05) is 38.2 Å². The number of aliphatic hydroxyl groups excluding tert-OH is 3. The third kappa shape index (κ3) is 5.23. The number of esters is 1. The summed E-state index contributed by atoms with van der Waals surface area (Å²) in [6, 6.07) is 7.70. The molecular formula is C52H71NO9. The Morgan fingerprint density at radius 3 is 2.32 bits per heavy atom. The SMILES string of the molecule is CN[C@H](Cc1ccccc1CO)[C@@H]1C[C@@H]2C[C@]3(O)[C@]4(O)[C@@H](O)[C@H]5C[C@@H]6[C@H](C=CC[C@@H]6C6CCCC6)C[C@H]6[C@@H](O)C7(CCCC7)C[C@](C=O)([C@H]4CC[C@]3(C)[C@H]2C2=CC(=O)O[C@H]21)[C@]56O. The summed E-state index contributed by atoms with van der Waals surface area (Å²) in [6.07, 6.45) is 16.6. The number of hydrogen-bond donors (Lipinski definition) is 7. The molecule has 0 unspecified atom stereocenters. The van der Waals surface area contributed by atoms with Gasteiger partial charge < -0.3 is 45.5 Å². The number of nitrogens with one attached hydrogen (secondary N) is 1. The molecule has 1 aliphatic heterocycles. The van der Waals surface area contributed by atoms with E-state index in [2.05, 4.69) is 17.5 Å². The zero-order valence-corrected chi connectivity index (χ0v) is 36.8. The first kappa shape index (κ1) is 42.2. The van der Waals surface area contributed by atoms with Gasteiger partial charge in [-0.25, -0.2) is 4.79 Å². The van der Waals surface area contributed by atoms with Crippen LogP contribution >= 0.6 is 0 Å². The lowest BCUT2D eigenvalue weighted by molar-refractivity contribution is -0.382. The smallest absolute Gasteiger partial charge is 0.331 e. The first-order valence-corrected chi connectivity index (χ1v) is 24.7. The minimum atomic E-state index is -2.16. The number of hydrogen-bond acceptors (Lipinski definition) is 10. The number of aliphatic hydroxyl groups is 6. The summed E-state index contributed by atoms with van der Waals surface area (Å²) in [4.78, 5) is 28.1. The fourth-order valence-electron chi connectivity index (χ4n) is 18.9. The molecule has 7 N–H and O–H groups in total. The summed E-state index contributed by atoms with van der Waals surface area (Å²) in [7, 11) is 1.91. The van der Waals surface area contributed by atoms with Gasteiger partial charge in [-0.1, -0.05) is 81.9 Å². The van der Waals surface area contributed by atoms with Gasteiger partial charge in [0.15, 0.2) is 0 Å². The molecule has 10 nitrogen and oxygen atoms in total. The summed E-state index contributed by atoms with van der Waals surface area (Å²) in [6.45, 7) is 1.95. The van der Waals surface area contributed by atoms with E-state index in [0.717, 1.165) is 67.9 Å². The van der Waals surface area contributed by atoms with Crippen molar-refractivity contribution in [2.24, 2.45) is 75.4 Å². The molecule has 1 aromatic carbocycles. The zero-order valence-electron chi connectivity index (χ0n) is 36.8. The number of likely N-dealkylation sites (N-methyl/N-ethyl adjacent to an activating group) is 1. The predicted octanol–water partition coefficient (Wildman–Crippen LogP) is 5.34. The summed E-state index contributed by atoms with van der Waals surface area (Å²) in [5, 5.41) is 82.2. The van der Waals surface area contributed by atoms with Gasteiger partial charge in [0.2, 0.25) is 0 Å². The van der Waals surface area contributed by atoms with Gasteiger partial charge in [0, 0.05) is 41.2 Å². The first-order chi connectivity index (χ1) is 29.7. The number of allylic oxidation sites excluding steroid dienone is 2. The molecule has 0 radical (unpaired) electrons. The second kappa shape index (κ2) is 14.5. The standard InChI is InChI=1S/C52H71NO9/c1-47-19-16-41-49(28-55)27-48(17-7-8-18-48)45(57)38-21-31-14-9-15-34(29-10-3-4-11-29)35(31)23-39(51(38,49)60)46(58)52(41,61)50(47,59)25-33-20-36(44-37(43(33)47)24-42(56)62-44)40(53-2)22-30-12-5-6-13-32(30)26-54/h5-6,9,12-14,24,28-29,31,33-36,38-41,43-46,53-54,57-61H,3-4,7-8,10-11,15-23,25-27H2,1-2H3/t31-,33-,34-,35-,36+,38+,39-,40-,41-,43-,44+,45-,46+,47-,49+,50-,51-,52-/m1/s1. The highest BCUT2D eigenvalue weighted by molar-refractivity contribution is 5.86. The fraction of sp³-hybridized carbons (Fsp3) is 0.769. The second-order valence-corrected chi connectivity index (χ2v) is 23.1. The van der Waals surface area contributed by atoms with Crippen molar-refractivity contribution in [2.45, 2.75) is 164 Å². The van der Waals surface area contributed by atoms with Crippen molar-refractivity contribution in [3.63, 3.8) is 0 Å². The van der Waals surface area contributed by atoms with E-state index in [-0.39, 0.29) is 55.1 Å². The Labute approximate surface area is 367 Å². The number of benzene rings is 1. The van der Waals surface area contributed by atoms with E-state index in [0.29, 0.717) is 50.4 Å². The Kier molecular flexibility index (Phi) is 9.89. The van der Waals surface area contributed by atoms with Gasteiger partial charge in [-0.05, 0) is 135 Å². The van der Waals surface area contributed by atoms with Crippen LogP contribution in [0.1, 0.15) is 121 Å². The molecule has 9 aliphatic carbocycles. The van der Waals surface area contributed by atoms with Gasteiger partial charge in [-0.3, -0.25) is 0 Å². The average molecular weight is 854 g/mol. The van der Waals surface area contributed by atoms with Crippen LogP contribution in [0.3, 0.4) is 0 Å². The Hall–Kier alpha value is -2.44. The molecule has 1 aromatic rings. The number of ether oxygens (including phenoxy) is 1. The quantitative estimate of drug-likeness (QED) is 0.108. The van der Waals surface area contributed by atoms with E-state index in [9.17, 15) is 40.2 Å². The molecule has 1 spiro atoms. The van der Waals surface area contributed by atoms with E-state index >= 15 is 0 Å². The molecule has 338 valence electrons. The van der Waals surface area contributed by atoms with Crippen molar-refractivity contribution in [1.29, 1.82) is 0 Å². The number of carbonyl (C=O) groups is 2. The fourth-order valence-corrected chi connectivity index (χ4v) is 18.9. The lowest BCUT2D eigenvalue weighted by Crippen LogP contribution is -2.86. The van der Waals surface area contributed by atoms with Crippen molar-refractivity contribution in [2.75, 3.05) is 7.05 Å². The molecule has 0 saturated heterocycles. The molecule has 1 heterocycles. The van der Waals surface area contributed by atoms with Gasteiger partial charge in [-0.2, -0.15) is 0 Å². The summed E-state index contributed by atoms with van der Waals surface area (Å²) >= 11 is 0. The normalized spacial score (nSPS) is 50.3. The molecule has 0 amide bonds. The minimum Gasteiger partial charge on any atom is -0.454 e. The minimum absolute atomic E-state index is 0.0706. The Balaban J connectivity index is 1.04. The monoisotopic (exact) mass is 854 g/mol. The maximum atomic E-state index is 14.6. The molecule has 62 heavy (non-hydrogen) atoms. The number of rotatable bonds is 7. The summed E-state index contributed by atoms with van der Waals surface area (Å²) in [5.74, 6) is -2.56. The van der Waals surface area contributed by atoms with Crippen molar-refractivity contribution >= 4 is 12.3 Å². The second-order valence-electron chi connectivity index (χ2n) is 23.1. The molecule has 0 aromatic heterocycles. The summed E-state index contributed by atoms with van der Waals surface area (Å²) in [5.41, 5.74) is -6.22. The highest BCUT2D eigenvalue weighted by atomic mass is 16.5. The third-order valence-corrected chi connectivity index (χ3v) is 21.3. The molecule has 18 atom stereocenters. The van der Waals surface area contributed by atoms with Crippen LogP contribution in [0.25, 0.3) is 0 Å². The lowest BCUT2D eigenvalue weighted by atomic mass is 9.33. The zero-order chi connectivity index (χ0) is 43.2. The van der Waals surface area contributed by atoms with E-state index in [1.165, 1.54) is 12.8 Å². The number of carbonyl (C=O) groups excluding carboxylic acids is 2. The summed E-state index contributed by atoms with van der Waals surface area (Å²) < 4.78 is 6.20. The highest BCUT2D eigenvalue weighted by Crippen LogP contribution is 2.78. The Morgan fingerprint density at radius 2 is 1.61 bits per heavy atom. The van der Waals surface area contributed by atoms with Crippen LogP contribution in [0.5, 0.6) is 0 Å². The van der Waals surface area contributed by atoms with Crippen LogP contribution in [0.2, 0.25) is 0 Å². The number of fused-ring (bicyclic) bond motifs is 9. The largest absolute Gasteiger partial charge is 0.454 e. The van der Waals surface area contributed by atoms with Gasteiger partial charge in [0.25, 0.3) is 0 Å². The lowest BCUT2D eigenvalue weighted by Gasteiger charge is -2.74. The van der Waals surface area contributed by atoms with Crippen molar-refractivity contribution in [1.82, 2.24) is 5.32 Å². The van der Waals surface area contributed by atoms with Gasteiger partial charge in [-0.15, -0.1) is 0 Å². The van der Waals surface area contributed by atoms with Crippen LogP contribution in [0.15, 0.2) is 48.1 Å². The molecule has 10 heteroatoms. The molecule has 10 aliphatic rings. The van der Waals surface area contributed by atoms with E-state index in [1.54, 1.807) is 6.08 Å². The van der Waals surface area contributed by atoms with Gasteiger partial charge >= 0.3 is 5.97 Å². The van der Waals surface area contributed by atoms with Crippen molar-refractivity contribution in [3.05, 3.63) is 59.2 Å². The van der Waals surface area contributed by atoms with Crippen LogP contribution in [-0.4, -0.2) is 91.1 Å². The third-order valence-electron chi connectivity index (χ3n) is 21.3. The van der Waals surface area contributed by atoms with Crippen molar-refractivity contribution < 1.29 is 45.0 Å². The predicted molar refractivity (Wildman–Crippen MR) is 231 cm³/mol. The Morgan fingerprint density at radius 1 is 0.887 bits per heavy atom. The van der Waals surface area contributed by atoms with Gasteiger partial charge in [0.05, 0.1) is 29.8 Å². The van der Waals surface area contributed by atoms with Crippen LogP contribution in [0, 0.1) is 75.4 Å². The van der Waals surface area contributed by atoms with Crippen LogP contribution in [-0.2, 0) is 27.4 Å². The maximum absolute atomic E-state index is 14.6. The molecule has 8 saturated carbocycles. The topological polar surface area (TPSA) is 177 Å². The first-order valence-electron chi connectivity index (χ1n) is 24.7. The van der Waals surface area contributed by atoms with Gasteiger partial charge in [0.1, 0.15) is 23.6 Å². The maximum Gasteiger partial charge on any atom is 0.331 e. The van der Waals surface area contributed by atoms with Crippen molar-refractivity contribution in [3.8, 4) is 0 Å². The Bertz CT molecular complexity index is 2020. The van der Waals surface area contributed by atoms with Crippen LogP contribution in [0.4, 0.5) is 0 Å². The number of aldehydes is 1. The van der Waals surface area contributed by atoms with E-state index < -0.39 is 75.1 Å². The highest BCUT2D eigenvalue weighted by Gasteiger charge is 2.86. The van der Waals surface area contributed by atoms with Crippen LogP contribution < -0.4 is 5.32 Å². The molecular weight excluding hydrogens is 783 g/mol. The van der Waals surface area contributed by atoms with E-state index in [4.69, 9.17) is 4.74 Å². The molecule has 0 bridgehead atoms.